The molecule has 2 bridgehead atoms. The average molecular weight is 465 g/mol. The standard InChI is InChI=1S/C26H32BNO4S/c1-8-26-14-13-22(28(26)33(29,30)19-11-9-17(2)10-12-19)23-20(26)15-18(3)16-21(23)27-31-24(4,5)25(6,7)32-27/h9-16,22H,8H2,1-7H3. The van der Waals surface area contributed by atoms with E-state index < -0.39 is 33.9 Å². The van der Waals surface area contributed by atoms with Gasteiger partial charge in [0.05, 0.1) is 27.7 Å². The number of hydrogen-bond donors (Lipinski definition) is 0. The number of rotatable bonds is 4. The molecule has 3 aliphatic heterocycles. The first-order chi connectivity index (χ1) is 15.3. The van der Waals surface area contributed by atoms with Crippen LogP contribution in [0.15, 0.2) is 53.4 Å². The van der Waals surface area contributed by atoms with Crippen LogP contribution in [0.2, 0.25) is 0 Å². The summed E-state index contributed by atoms with van der Waals surface area (Å²) in [6.07, 6.45) is 4.74. The lowest BCUT2D eigenvalue weighted by Crippen LogP contribution is -2.41. The monoisotopic (exact) mass is 465 g/mol. The maximum atomic E-state index is 14.0. The van der Waals surface area contributed by atoms with Crippen molar-refractivity contribution in [1.29, 1.82) is 0 Å². The maximum absolute atomic E-state index is 14.0. The predicted octanol–water partition coefficient (Wildman–Crippen LogP) is 4.52. The van der Waals surface area contributed by atoms with Crippen molar-refractivity contribution in [3.8, 4) is 0 Å². The van der Waals surface area contributed by atoms with Gasteiger partial charge in [0.25, 0.3) is 0 Å². The Balaban J connectivity index is 1.68. The summed E-state index contributed by atoms with van der Waals surface area (Å²) in [7, 11) is -4.29. The molecule has 0 aromatic heterocycles. The molecule has 174 valence electrons. The van der Waals surface area contributed by atoms with E-state index in [1.807, 2.05) is 59.8 Å². The summed E-state index contributed by atoms with van der Waals surface area (Å²) in [5, 5.41) is 0. The Labute approximate surface area is 198 Å². The third-order valence-electron chi connectivity index (χ3n) is 7.94. The molecule has 0 N–H and O–H groups in total. The molecule has 1 fully saturated rings. The van der Waals surface area contributed by atoms with Crippen LogP contribution in [-0.4, -0.2) is 31.0 Å². The Morgan fingerprint density at radius 1 is 0.970 bits per heavy atom. The minimum atomic E-state index is -3.74. The molecule has 0 aliphatic carbocycles. The molecular formula is C26H32BNO4S. The van der Waals surface area contributed by atoms with Crippen molar-refractivity contribution in [3.63, 3.8) is 0 Å². The highest BCUT2D eigenvalue weighted by Gasteiger charge is 2.60. The van der Waals surface area contributed by atoms with Gasteiger partial charge in [-0.05, 0) is 76.7 Å². The van der Waals surface area contributed by atoms with Gasteiger partial charge in [0.15, 0.2) is 0 Å². The molecule has 7 heteroatoms. The summed E-state index contributed by atoms with van der Waals surface area (Å²) in [5.41, 5.74) is 3.40. The van der Waals surface area contributed by atoms with E-state index in [4.69, 9.17) is 9.31 Å². The molecule has 1 saturated heterocycles. The first kappa shape index (κ1) is 22.8. The van der Waals surface area contributed by atoms with Crippen LogP contribution in [-0.2, 0) is 24.9 Å². The van der Waals surface area contributed by atoms with Gasteiger partial charge >= 0.3 is 7.12 Å². The van der Waals surface area contributed by atoms with Crippen molar-refractivity contribution < 1.29 is 17.7 Å². The summed E-state index contributed by atoms with van der Waals surface area (Å²) in [6.45, 7) is 14.2. The lowest BCUT2D eigenvalue weighted by Gasteiger charge is -2.33. The second kappa shape index (κ2) is 7.04. The van der Waals surface area contributed by atoms with Gasteiger partial charge in [-0.2, -0.15) is 4.31 Å². The molecule has 5 rings (SSSR count). The van der Waals surface area contributed by atoms with Gasteiger partial charge in [0.2, 0.25) is 10.0 Å². The summed E-state index contributed by atoms with van der Waals surface area (Å²) in [4.78, 5) is 0.321. The first-order valence-electron chi connectivity index (χ1n) is 11.7. The van der Waals surface area contributed by atoms with E-state index in [1.165, 1.54) is 0 Å². The second-order valence-corrected chi connectivity index (χ2v) is 12.4. The highest BCUT2D eigenvalue weighted by Crippen LogP contribution is 2.57. The molecule has 2 aromatic carbocycles. The Morgan fingerprint density at radius 2 is 1.58 bits per heavy atom. The van der Waals surface area contributed by atoms with E-state index >= 15 is 0 Å². The number of nitrogens with zero attached hydrogens (tertiary/aromatic N) is 1. The molecule has 33 heavy (non-hydrogen) atoms. The Hall–Kier alpha value is -1.93. The molecule has 3 aliphatic rings. The Kier molecular flexibility index (Phi) is 4.88. The van der Waals surface area contributed by atoms with Gasteiger partial charge in [0, 0.05) is 0 Å². The topological polar surface area (TPSA) is 55.8 Å². The molecule has 0 spiro atoms. The molecule has 0 radical (unpaired) electrons. The van der Waals surface area contributed by atoms with E-state index in [2.05, 4.69) is 25.1 Å². The van der Waals surface area contributed by atoms with E-state index in [-0.39, 0.29) is 6.04 Å². The van der Waals surface area contributed by atoms with Crippen LogP contribution in [0.1, 0.15) is 69.3 Å². The number of aryl methyl sites for hydroxylation is 2. The summed E-state index contributed by atoms with van der Waals surface area (Å²) in [5.74, 6) is 0. The lowest BCUT2D eigenvalue weighted by atomic mass is 9.70. The van der Waals surface area contributed by atoms with Gasteiger partial charge < -0.3 is 9.31 Å². The average Bonchev–Trinajstić information content (AvgIpc) is 3.32. The van der Waals surface area contributed by atoms with Crippen LogP contribution in [0, 0.1) is 13.8 Å². The number of sulfonamides is 1. The number of fused-ring (bicyclic) bond motifs is 5. The van der Waals surface area contributed by atoms with Crippen LogP contribution < -0.4 is 5.46 Å². The van der Waals surface area contributed by atoms with Gasteiger partial charge in [-0.15, -0.1) is 0 Å². The van der Waals surface area contributed by atoms with Crippen molar-refractivity contribution in [1.82, 2.24) is 4.31 Å². The Morgan fingerprint density at radius 3 is 2.15 bits per heavy atom. The van der Waals surface area contributed by atoms with Gasteiger partial charge in [-0.3, -0.25) is 0 Å². The predicted molar refractivity (Wildman–Crippen MR) is 131 cm³/mol. The van der Waals surface area contributed by atoms with Gasteiger partial charge in [-0.1, -0.05) is 54.5 Å². The third-order valence-corrected chi connectivity index (χ3v) is 9.88. The van der Waals surface area contributed by atoms with E-state index in [1.54, 1.807) is 16.4 Å². The highest BCUT2D eigenvalue weighted by molar-refractivity contribution is 7.89. The van der Waals surface area contributed by atoms with Crippen LogP contribution in [0.4, 0.5) is 0 Å². The zero-order valence-corrected chi connectivity index (χ0v) is 21.3. The molecule has 2 atom stereocenters. The SMILES string of the molecule is CCC12C=CC(c3c(B4OC(C)(C)C(C)(C)O4)cc(C)cc31)N2S(=O)(=O)c1ccc(C)cc1. The minimum Gasteiger partial charge on any atom is -0.399 e. The summed E-state index contributed by atoms with van der Waals surface area (Å²) < 4.78 is 42.5. The van der Waals surface area contributed by atoms with Gasteiger partial charge in [-0.25, -0.2) is 8.42 Å². The largest absolute Gasteiger partial charge is 0.495 e. The smallest absolute Gasteiger partial charge is 0.399 e. The molecule has 2 unspecified atom stereocenters. The van der Waals surface area contributed by atoms with E-state index in [0.717, 1.165) is 27.7 Å². The van der Waals surface area contributed by atoms with Crippen molar-refractivity contribution in [2.75, 3.05) is 0 Å². The Bertz CT molecular complexity index is 1250. The van der Waals surface area contributed by atoms with Crippen LogP contribution >= 0.6 is 0 Å². The van der Waals surface area contributed by atoms with Crippen molar-refractivity contribution in [2.24, 2.45) is 0 Å². The maximum Gasteiger partial charge on any atom is 0.495 e. The second-order valence-electron chi connectivity index (χ2n) is 10.6. The number of hydrogen-bond acceptors (Lipinski definition) is 4. The van der Waals surface area contributed by atoms with Crippen LogP contribution in [0.3, 0.4) is 0 Å². The van der Waals surface area contributed by atoms with Gasteiger partial charge in [0.1, 0.15) is 0 Å². The summed E-state index contributed by atoms with van der Waals surface area (Å²) >= 11 is 0. The molecule has 3 heterocycles. The third kappa shape index (κ3) is 3.06. The fraction of sp³-hybridized carbons (Fsp3) is 0.462. The number of benzene rings is 2. The zero-order valence-electron chi connectivity index (χ0n) is 20.5. The quantitative estimate of drug-likeness (QED) is 0.492. The molecule has 0 saturated carbocycles. The fourth-order valence-corrected chi connectivity index (χ4v) is 7.30. The van der Waals surface area contributed by atoms with Crippen molar-refractivity contribution >= 4 is 22.6 Å². The highest BCUT2D eigenvalue weighted by atomic mass is 32.2. The molecule has 2 aromatic rings. The van der Waals surface area contributed by atoms with Crippen LogP contribution in [0.5, 0.6) is 0 Å². The first-order valence-corrected chi connectivity index (χ1v) is 13.1. The van der Waals surface area contributed by atoms with Crippen molar-refractivity contribution in [2.45, 2.75) is 82.6 Å². The molecule has 5 nitrogen and oxygen atoms in total. The summed E-state index contributed by atoms with van der Waals surface area (Å²) in [6, 6.07) is 11.0. The molecular weight excluding hydrogens is 433 g/mol. The van der Waals surface area contributed by atoms with E-state index in [9.17, 15) is 8.42 Å². The fourth-order valence-electron chi connectivity index (χ4n) is 5.40. The molecule has 0 amide bonds. The lowest BCUT2D eigenvalue weighted by molar-refractivity contribution is 0.00578. The minimum absolute atomic E-state index is 0.321. The van der Waals surface area contributed by atoms with E-state index in [0.29, 0.717) is 11.3 Å². The van der Waals surface area contributed by atoms with Crippen LogP contribution in [0.25, 0.3) is 0 Å². The van der Waals surface area contributed by atoms with Crippen molar-refractivity contribution in [3.05, 3.63) is 70.8 Å². The zero-order chi connectivity index (χ0) is 24.0. The normalized spacial score (nSPS) is 27.4.